The van der Waals surface area contributed by atoms with Gasteiger partial charge in [-0.1, -0.05) is 0 Å². The molecule has 6 heteroatoms. The molecule has 0 radical (unpaired) electrons. The maximum Gasteiger partial charge on any atom is 0.251 e. The molecule has 24 heavy (non-hydrogen) atoms. The lowest BCUT2D eigenvalue weighted by Crippen LogP contribution is -2.36. The first-order valence-corrected chi connectivity index (χ1v) is 8.60. The molecular formula is C18H23N3O3. The number of amides is 1. The van der Waals surface area contributed by atoms with Gasteiger partial charge in [0.1, 0.15) is 0 Å². The number of fused-ring (bicyclic) bond motifs is 3. The van der Waals surface area contributed by atoms with Gasteiger partial charge in [0.15, 0.2) is 5.79 Å². The van der Waals surface area contributed by atoms with Crippen LogP contribution in [0.4, 0.5) is 0 Å². The Morgan fingerprint density at radius 2 is 2.17 bits per heavy atom. The molecule has 0 saturated carbocycles. The standard InChI is InChI=1S/C18H23N3O3/c19-6-1-7-20-17(22)12-2-3-15-13(10-12)14-11-18(23-8-9-24-18)5-4-16(14)21-15/h2-3,10,21H,1,4-9,11,19H2,(H,20,22). The van der Waals surface area contributed by atoms with Crippen molar-refractivity contribution in [3.05, 3.63) is 35.0 Å². The third kappa shape index (κ3) is 2.70. The second-order valence-corrected chi connectivity index (χ2v) is 6.52. The average Bonchev–Trinajstić information content (AvgIpc) is 3.19. The largest absolute Gasteiger partial charge is 0.358 e. The average molecular weight is 329 g/mol. The van der Waals surface area contributed by atoms with Crippen LogP contribution in [0.5, 0.6) is 0 Å². The highest BCUT2D eigenvalue weighted by Gasteiger charge is 2.41. The van der Waals surface area contributed by atoms with E-state index in [9.17, 15) is 4.79 Å². The van der Waals surface area contributed by atoms with Crippen molar-refractivity contribution in [2.24, 2.45) is 5.73 Å². The molecule has 2 aliphatic rings. The summed E-state index contributed by atoms with van der Waals surface area (Å²) in [6.07, 6.45) is 3.30. The number of benzene rings is 1. The zero-order chi connectivity index (χ0) is 16.6. The zero-order valence-corrected chi connectivity index (χ0v) is 13.7. The monoisotopic (exact) mass is 329 g/mol. The number of hydrogen-bond acceptors (Lipinski definition) is 4. The van der Waals surface area contributed by atoms with Crippen LogP contribution in [-0.4, -0.2) is 43.0 Å². The van der Waals surface area contributed by atoms with Crippen LogP contribution in [0.2, 0.25) is 0 Å². The van der Waals surface area contributed by atoms with Crippen LogP contribution in [0.1, 0.15) is 34.5 Å². The van der Waals surface area contributed by atoms with Gasteiger partial charge >= 0.3 is 0 Å². The Morgan fingerprint density at radius 1 is 1.33 bits per heavy atom. The van der Waals surface area contributed by atoms with Gasteiger partial charge in [-0.15, -0.1) is 0 Å². The lowest BCUT2D eigenvalue weighted by atomic mass is 9.90. The Balaban J connectivity index is 1.63. The summed E-state index contributed by atoms with van der Waals surface area (Å²) >= 11 is 0. The first kappa shape index (κ1) is 15.6. The van der Waals surface area contributed by atoms with E-state index in [1.54, 1.807) is 0 Å². The normalized spacial score (nSPS) is 18.9. The number of carbonyl (C=O) groups excluding carboxylic acids is 1. The molecule has 128 valence electrons. The van der Waals surface area contributed by atoms with E-state index in [1.807, 2.05) is 18.2 Å². The van der Waals surface area contributed by atoms with E-state index in [1.165, 1.54) is 11.3 Å². The van der Waals surface area contributed by atoms with Gasteiger partial charge in [0.2, 0.25) is 0 Å². The number of H-pyrrole nitrogens is 1. The molecule has 0 bridgehead atoms. The summed E-state index contributed by atoms with van der Waals surface area (Å²) < 4.78 is 11.7. The molecule has 1 aromatic carbocycles. The van der Waals surface area contributed by atoms with E-state index in [0.29, 0.717) is 31.9 Å². The topological polar surface area (TPSA) is 89.4 Å². The van der Waals surface area contributed by atoms with Crippen molar-refractivity contribution in [1.29, 1.82) is 0 Å². The fraction of sp³-hybridized carbons (Fsp3) is 0.500. The number of hydrogen-bond donors (Lipinski definition) is 3. The molecule has 2 heterocycles. The van der Waals surface area contributed by atoms with Crippen LogP contribution >= 0.6 is 0 Å². The van der Waals surface area contributed by atoms with Crippen LogP contribution in [0.3, 0.4) is 0 Å². The minimum Gasteiger partial charge on any atom is -0.358 e. The molecule has 1 fully saturated rings. The third-order valence-electron chi connectivity index (χ3n) is 4.94. The SMILES string of the molecule is NCCCNC(=O)c1ccc2[nH]c3c(c2c1)CC1(CC3)OCCO1. The van der Waals surface area contributed by atoms with E-state index >= 15 is 0 Å². The molecule has 1 aliphatic heterocycles. The number of aromatic amines is 1. The minimum absolute atomic E-state index is 0.0563. The van der Waals surface area contributed by atoms with Gasteiger partial charge in [0.25, 0.3) is 5.91 Å². The number of nitrogens with two attached hydrogens (primary N) is 1. The van der Waals surface area contributed by atoms with Crippen LogP contribution in [0.15, 0.2) is 18.2 Å². The second kappa shape index (κ2) is 6.20. The molecule has 4 N–H and O–H groups in total. The number of ether oxygens (including phenoxy) is 2. The quantitative estimate of drug-likeness (QED) is 0.741. The smallest absolute Gasteiger partial charge is 0.251 e. The highest BCUT2D eigenvalue weighted by atomic mass is 16.7. The van der Waals surface area contributed by atoms with Gasteiger partial charge in [-0.3, -0.25) is 4.79 Å². The molecule has 1 aromatic heterocycles. The predicted molar refractivity (Wildman–Crippen MR) is 91.0 cm³/mol. The summed E-state index contributed by atoms with van der Waals surface area (Å²) in [5, 5.41) is 4.00. The van der Waals surface area contributed by atoms with E-state index in [-0.39, 0.29) is 5.91 Å². The van der Waals surface area contributed by atoms with E-state index in [0.717, 1.165) is 36.6 Å². The van der Waals surface area contributed by atoms with Crippen molar-refractivity contribution < 1.29 is 14.3 Å². The van der Waals surface area contributed by atoms with Crippen LogP contribution in [0.25, 0.3) is 10.9 Å². The van der Waals surface area contributed by atoms with Crippen molar-refractivity contribution in [1.82, 2.24) is 10.3 Å². The van der Waals surface area contributed by atoms with Gasteiger partial charge in [-0.05, 0) is 43.1 Å². The molecule has 0 atom stereocenters. The van der Waals surface area contributed by atoms with Gasteiger partial charge in [0, 0.05) is 41.5 Å². The van der Waals surface area contributed by atoms with Gasteiger partial charge < -0.3 is 25.5 Å². The molecular weight excluding hydrogens is 306 g/mol. The van der Waals surface area contributed by atoms with Crippen LogP contribution in [0, 0.1) is 0 Å². The summed E-state index contributed by atoms with van der Waals surface area (Å²) in [7, 11) is 0. The molecule has 1 saturated heterocycles. The summed E-state index contributed by atoms with van der Waals surface area (Å²) in [6, 6.07) is 5.81. The fourth-order valence-electron chi connectivity index (χ4n) is 3.68. The number of aromatic nitrogens is 1. The first-order chi connectivity index (χ1) is 11.7. The summed E-state index contributed by atoms with van der Waals surface area (Å²) in [4.78, 5) is 15.8. The molecule has 2 aromatic rings. The summed E-state index contributed by atoms with van der Waals surface area (Å²) in [5.74, 6) is -0.527. The highest BCUT2D eigenvalue weighted by molar-refractivity contribution is 5.99. The highest BCUT2D eigenvalue weighted by Crippen LogP contribution is 2.38. The summed E-state index contributed by atoms with van der Waals surface area (Å²) in [6.45, 7) is 2.50. The molecule has 6 nitrogen and oxygen atoms in total. The van der Waals surface area contributed by atoms with Crippen molar-refractivity contribution in [2.75, 3.05) is 26.3 Å². The van der Waals surface area contributed by atoms with E-state index in [4.69, 9.17) is 15.2 Å². The molecule has 0 unspecified atom stereocenters. The van der Waals surface area contributed by atoms with Crippen LogP contribution < -0.4 is 11.1 Å². The Labute approximate surface area is 140 Å². The zero-order valence-electron chi connectivity index (χ0n) is 13.7. The maximum atomic E-state index is 12.3. The van der Waals surface area contributed by atoms with Crippen molar-refractivity contribution in [3.63, 3.8) is 0 Å². The number of carbonyl (C=O) groups is 1. The van der Waals surface area contributed by atoms with E-state index in [2.05, 4.69) is 10.3 Å². The van der Waals surface area contributed by atoms with Gasteiger partial charge in [-0.2, -0.15) is 0 Å². The van der Waals surface area contributed by atoms with Crippen molar-refractivity contribution >= 4 is 16.8 Å². The van der Waals surface area contributed by atoms with Crippen LogP contribution in [-0.2, 0) is 22.3 Å². The fourth-order valence-corrected chi connectivity index (χ4v) is 3.68. The van der Waals surface area contributed by atoms with Gasteiger partial charge in [-0.25, -0.2) is 0 Å². The molecule has 1 amide bonds. The summed E-state index contributed by atoms with van der Waals surface area (Å²) in [5.41, 5.74) is 9.66. The molecule has 1 aliphatic carbocycles. The Kier molecular flexibility index (Phi) is 4.04. The maximum absolute atomic E-state index is 12.3. The van der Waals surface area contributed by atoms with E-state index < -0.39 is 5.79 Å². The molecule has 1 spiro atoms. The lowest BCUT2D eigenvalue weighted by Gasteiger charge is -2.31. The molecule has 4 rings (SSSR count). The Bertz CT molecular complexity index is 762. The Hall–Kier alpha value is -1.89. The minimum atomic E-state index is -0.471. The number of nitrogens with one attached hydrogen (secondary N) is 2. The van der Waals surface area contributed by atoms with Crippen molar-refractivity contribution in [2.45, 2.75) is 31.5 Å². The second-order valence-electron chi connectivity index (χ2n) is 6.52. The number of aryl methyl sites for hydroxylation is 1. The number of rotatable bonds is 4. The lowest BCUT2D eigenvalue weighted by molar-refractivity contribution is -0.163. The predicted octanol–water partition coefficient (Wildman–Crippen LogP) is 1.48. The van der Waals surface area contributed by atoms with Crippen molar-refractivity contribution in [3.8, 4) is 0 Å². The van der Waals surface area contributed by atoms with Gasteiger partial charge in [0.05, 0.1) is 13.2 Å². The first-order valence-electron chi connectivity index (χ1n) is 8.60. The Morgan fingerprint density at radius 3 is 2.96 bits per heavy atom. The third-order valence-corrected chi connectivity index (χ3v) is 4.94.